The molecule has 1 aromatic rings. The second-order valence-corrected chi connectivity index (χ2v) is 4.54. The summed E-state index contributed by atoms with van der Waals surface area (Å²) in [4.78, 5) is 24.5. The summed E-state index contributed by atoms with van der Waals surface area (Å²) in [6.07, 6.45) is 0.727. The van der Waals surface area contributed by atoms with Crippen LogP contribution in [-0.4, -0.2) is 42.0 Å². The maximum Gasteiger partial charge on any atom is 0.306 e. The first-order valence-electron chi connectivity index (χ1n) is 6.15. The fourth-order valence-electron chi connectivity index (χ4n) is 2.21. The third kappa shape index (κ3) is 2.56. The number of hydrazine groups is 1. The first kappa shape index (κ1) is 14.2. The minimum atomic E-state index is -0.610. The van der Waals surface area contributed by atoms with Gasteiger partial charge in [0.1, 0.15) is 11.3 Å². The van der Waals surface area contributed by atoms with E-state index in [9.17, 15) is 14.9 Å². The molecule has 0 saturated carbocycles. The Morgan fingerprint density at radius 2 is 2.35 bits per heavy atom. The zero-order chi connectivity index (χ0) is 14.7. The molecule has 1 fully saturated rings. The fourth-order valence-corrected chi connectivity index (χ4v) is 2.21. The Morgan fingerprint density at radius 1 is 1.60 bits per heavy atom. The highest BCUT2D eigenvalue weighted by Gasteiger charge is 2.30. The molecule has 0 spiro atoms. The summed E-state index contributed by atoms with van der Waals surface area (Å²) in [5.41, 5.74) is 2.05. The molecule has 1 aromatic carbocycles. The van der Waals surface area contributed by atoms with Gasteiger partial charge in [0.15, 0.2) is 0 Å². The number of ether oxygens (including phenoxy) is 1. The predicted molar refractivity (Wildman–Crippen MR) is 72.2 cm³/mol. The molecule has 108 valence electrons. The molecule has 3 N–H and O–H groups in total. The molecule has 0 bridgehead atoms. The van der Waals surface area contributed by atoms with Crippen LogP contribution in [0.2, 0.25) is 0 Å². The largest absolute Gasteiger partial charge is 0.379 e. The zero-order valence-corrected chi connectivity index (χ0v) is 11.0. The number of carbonyl (C=O) groups is 1. The quantitative estimate of drug-likeness (QED) is 0.478. The molecule has 1 aliphatic heterocycles. The van der Waals surface area contributed by atoms with E-state index in [1.807, 2.05) is 0 Å². The van der Waals surface area contributed by atoms with Gasteiger partial charge in [0.25, 0.3) is 5.91 Å². The van der Waals surface area contributed by atoms with Gasteiger partial charge in [0.2, 0.25) is 0 Å². The van der Waals surface area contributed by atoms with Crippen LogP contribution in [0.15, 0.2) is 18.2 Å². The van der Waals surface area contributed by atoms with Crippen molar-refractivity contribution in [1.29, 1.82) is 0 Å². The van der Waals surface area contributed by atoms with Crippen molar-refractivity contribution in [3.8, 4) is 0 Å². The number of benzene rings is 1. The molecule has 8 heteroatoms. The van der Waals surface area contributed by atoms with E-state index in [1.54, 1.807) is 13.1 Å². The van der Waals surface area contributed by atoms with Gasteiger partial charge in [-0.1, -0.05) is 6.07 Å². The molecule has 1 saturated heterocycles. The number of nitro groups is 1. The van der Waals surface area contributed by atoms with E-state index in [0.717, 1.165) is 6.42 Å². The van der Waals surface area contributed by atoms with Gasteiger partial charge in [-0.15, -0.1) is 0 Å². The minimum Gasteiger partial charge on any atom is -0.379 e. The van der Waals surface area contributed by atoms with Crippen LogP contribution in [0.1, 0.15) is 16.8 Å². The van der Waals surface area contributed by atoms with Crippen molar-refractivity contribution in [3.05, 3.63) is 33.9 Å². The number of hydrogen-bond donors (Lipinski definition) is 2. The number of nitrogens with one attached hydrogen (secondary N) is 1. The SMILES string of the molecule is CN(C(=O)c1cccc(NN)c1[N+](=O)[O-])C1CCOC1. The number of likely N-dealkylation sites (N-methyl/N-ethyl adjacent to an activating group) is 1. The molecule has 0 aromatic heterocycles. The summed E-state index contributed by atoms with van der Waals surface area (Å²) in [6, 6.07) is 4.37. The van der Waals surface area contributed by atoms with Crippen molar-refractivity contribution in [2.75, 3.05) is 25.7 Å². The van der Waals surface area contributed by atoms with Crippen LogP contribution in [0, 0.1) is 10.1 Å². The molecule has 1 aliphatic rings. The topological polar surface area (TPSA) is 111 Å². The molecular formula is C12H16N4O4. The van der Waals surface area contributed by atoms with Gasteiger partial charge in [0, 0.05) is 13.7 Å². The monoisotopic (exact) mass is 280 g/mol. The number of amides is 1. The summed E-state index contributed by atoms with van der Waals surface area (Å²) < 4.78 is 5.23. The van der Waals surface area contributed by atoms with Gasteiger partial charge < -0.3 is 15.1 Å². The average molecular weight is 280 g/mol. The molecule has 2 rings (SSSR count). The van der Waals surface area contributed by atoms with Gasteiger partial charge in [-0.3, -0.25) is 20.8 Å². The van der Waals surface area contributed by atoms with Gasteiger partial charge in [-0.05, 0) is 18.6 Å². The molecular weight excluding hydrogens is 264 g/mol. The van der Waals surface area contributed by atoms with Crippen LogP contribution in [0.4, 0.5) is 11.4 Å². The second kappa shape index (κ2) is 5.85. The Balaban J connectivity index is 2.36. The zero-order valence-electron chi connectivity index (χ0n) is 11.0. The van der Waals surface area contributed by atoms with Crippen molar-refractivity contribution in [3.63, 3.8) is 0 Å². The first-order chi connectivity index (χ1) is 9.56. The number of hydrogen-bond acceptors (Lipinski definition) is 6. The second-order valence-electron chi connectivity index (χ2n) is 4.54. The predicted octanol–water partition coefficient (Wildman–Crippen LogP) is 0.741. The Morgan fingerprint density at radius 3 is 2.90 bits per heavy atom. The smallest absolute Gasteiger partial charge is 0.306 e. The van der Waals surface area contributed by atoms with Gasteiger partial charge >= 0.3 is 5.69 Å². The number of nitrogen functional groups attached to an aromatic ring is 1. The molecule has 0 aliphatic carbocycles. The standard InChI is InChI=1S/C12H16N4O4/c1-15(8-5-6-20-7-8)12(17)9-3-2-4-10(14-13)11(9)16(18)19/h2-4,8,14H,5-7,13H2,1H3. The molecule has 1 amide bonds. The minimum absolute atomic E-state index is 0.0138. The molecule has 20 heavy (non-hydrogen) atoms. The van der Waals surface area contributed by atoms with Crippen molar-refractivity contribution < 1.29 is 14.5 Å². The van der Waals surface area contributed by atoms with E-state index in [4.69, 9.17) is 10.6 Å². The summed E-state index contributed by atoms with van der Waals surface area (Å²) in [5.74, 6) is 4.84. The Kier molecular flexibility index (Phi) is 4.16. The lowest BCUT2D eigenvalue weighted by atomic mass is 10.1. The van der Waals surface area contributed by atoms with E-state index in [1.165, 1.54) is 17.0 Å². The average Bonchev–Trinajstić information content (AvgIpc) is 2.98. The van der Waals surface area contributed by atoms with Crippen LogP contribution in [-0.2, 0) is 4.74 Å². The maximum atomic E-state index is 12.4. The number of nitro benzene ring substituents is 1. The fraction of sp³-hybridized carbons (Fsp3) is 0.417. The highest BCUT2D eigenvalue weighted by molar-refractivity contribution is 6.00. The van der Waals surface area contributed by atoms with Crippen LogP contribution >= 0.6 is 0 Å². The number of para-hydroxylation sites is 1. The van der Waals surface area contributed by atoms with Crippen LogP contribution < -0.4 is 11.3 Å². The van der Waals surface area contributed by atoms with Crippen molar-refractivity contribution in [2.45, 2.75) is 12.5 Å². The van der Waals surface area contributed by atoms with E-state index in [2.05, 4.69) is 5.43 Å². The van der Waals surface area contributed by atoms with Gasteiger partial charge in [-0.25, -0.2) is 0 Å². The van der Waals surface area contributed by atoms with E-state index in [0.29, 0.717) is 13.2 Å². The third-order valence-corrected chi connectivity index (χ3v) is 3.38. The third-order valence-electron chi connectivity index (χ3n) is 3.38. The Labute approximate surface area is 115 Å². The van der Waals surface area contributed by atoms with E-state index in [-0.39, 0.29) is 23.0 Å². The first-order valence-corrected chi connectivity index (χ1v) is 6.15. The number of nitrogens with two attached hydrogens (primary N) is 1. The molecule has 1 heterocycles. The molecule has 0 radical (unpaired) electrons. The molecule has 1 unspecified atom stereocenters. The van der Waals surface area contributed by atoms with Crippen LogP contribution in [0.25, 0.3) is 0 Å². The summed E-state index contributed by atoms with van der Waals surface area (Å²) >= 11 is 0. The highest BCUT2D eigenvalue weighted by Crippen LogP contribution is 2.29. The summed E-state index contributed by atoms with van der Waals surface area (Å²) in [7, 11) is 1.62. The summed E-state index contributed by atoms with van der Waals surface area (Å²) in [6.45, 7) is 1.04. The number of rotatable bonds is 4. The maximum absolute atomic E-state index is 12.4. The highest BCUT2D eigenvalue weighted by atomic mass is 16.6. The van der Waals surface area contributed by atoms with E-state index >= 15 is 0 Å². The lowest BCUT2D eigenvalue weighted by Gasteiger charge is -2.23. The number of nitrogens with zero attached hydrogens (tertiary/aromatic N) is 2. The van der Waals surface area contributed by atoms with Crippen molar-refractivity contribution in [2.24, 2.45) is 5.84 Å². The lowest BCUT2D eigenvalue weighted by molar-refractivity contribution is -0.384. The van der Waals surface area contributed by atoms with Gasteiger partial charge in [0.05, 0.1) is 17.6 Å². The number of anilines is 1. The normalized spacial score (nSPS) is 17.8. The molecule has 1 atom stereocenters. The van der Waals surface area contributed by atoms with Crippen molar-refractivity contribution >= 4 is 17.3 Å². The van der Waals surface area contributed by atoms with E-state index < -0.39 is 10.8 Å². The Bertz CT molecular complexity index is 528. The van der Waals surface area contributed by atoms with Crippen LogP contribution in [0.3, 0.4) is 0 Å². The molecule has 8 nitrogen and oxygen atoms in total. The van der Waals surface area contributed by atoms with Gasteiger partial charge in [-0.2, -0.15) is 0 Å². The lowest BCUT2D eigenvalue weighted by Crippen LogP contribution is -2.37. The number of carbonyl (C=O) groups excluding carboxylic acids is 1. The Hall–Kier alpha value is -2.19. The van der Waals surface area contributed by atoms with Crippen LogP contribution in [0.5, 0.6) is 0 Å². The van der Waals surface area contributed by atoms with Crippen molar-refractivity contribution in [1.82, 2.24) is 4.90 Å². The summed E-state index contributed by atoms with van der Waals surface area (Å²) in [5, 5.41) is 11.2.